The minimum absolute atomic E-state index is 0.0416. The van der Waals surface area contributed by atoms with Crippen molar-refractivity contribution in [2.45, 2.75) is 19.7 Å². The highest BCUT2D eigenvalue weighted by Crippen LogP contribution is 2.10. The van der Waals surface area contributed by atoms with Crippen molar-refractivity contribution in [2.75, 3.05) is 14.2 Å². The number of hydrogen-bond donors (Lipinski definition) is 0. The Balaban J connectivity index is 3.70. The van der Waals surface area contributed by atoms with Gasteiger partial charge in [-0.25, -0.2) is 0 Å². The first-order chi connectivity index (χ1) is 5.28. The maximum absolute atomic E-state index is 8.60. The number of nitriles is 1. The van der Waals surface area contributed by atoms with Gasteiger partial charge in [0.25, 0.3) is 0 Å². The van der Waals surface area contributed by atoms with Gasteiger partial charge in [0, 0.05) is 20.1 Å². The second kappa shape index (κ2) is 6.20. The van der Waals surface area contributed by atoms with Crippen molar-refractivity contribution in [3.63, 3.8) is 0 Å². The Morgan fingerprint density at radius 2 is 2.00 bits per heavy atom. The van der Waals surface area contributed by atoms with Crippen LogP contribution in [0.1, 0.15) is 13.3 Å². The summed E-state index contributed by atoms with van der Waals surface area (Å²) in [6, 6.07) is 2.19. The summed E-state index contributed by atoms with van der Waals surface area (Å²) in [4.78, 5) is 0. The lowest BCUT2D eigenvalue weighted by molar-refractivity contribution is 0.273. The fourth-order valence-electron chi connectivity index (χ4n) is 0.832. The fraction of sp³-hybridized carbons (Fsp3) is 0.857. The molecule has 0 bridgehead atoms. The van der Waals surface area contributed by atoms with Crippen LogP contribution in [-0.4, -0.2) is 21.3 Å². The normalized spacial score (nSPS) is 12.2. The maximum atomic E-state index is 8.60. The zero-order chi connectivity index (χ0) is 8.69. The van der Waals surface area contributed by atoms with Gasteiger partial charge in [-0.1, -0.05) is 6.92 Å². The molecule has 0 aromatic heterocycles. The maximum Gasteiger partial charge on any atom is 0.457 e. The number of hydrogen-bond acceptors (Lipinski definition) is 3. The van der Waals surface area contributed by atoms with Crippen molar-refractivity contribution >= 4 is 7.12 Å². The van der Waals surface area contributed by atoms with Crippen molar-refractivity contribution in [3.8, 4) is 6.07 Å². The highest BCUT2D eigenvalue weighted by molar-refractivity contribution is 6.44. The molecule has 1 unspecified atom stereocenters. The summed E-state index contributed by atoms with van der Waals surface area (Å²) in [5.41, 5.74) is 0. The van der Waals surface area contributed by atoms with Crippen molar-refractivity contribution in [1.29, 1.82) is 5.26 Å². The molecule has 62 valence electrons. The van der Waals surface area contributed by atoms with Gasteiger partial charge in [0.2, 0.25) is 0 Å². The molecule has 3 nitrogen and oxygen atoms in total. The Kier molecular flexibility index (Phi) is 5.91. The van der Waals surface area contributed by atoms with E-state index in [1.807, 2.05) is 6.92 Å². The second-order valence-corrected chi connectivity index (χ2v) is 2.37. The molecule has 0 saturated carbocycles. The first-order valence-electron chi connectivity index (χ1n) is 3.73. The Labute approximate surface area is 68.4 Å². The molecule has 0 N–H and O–H groups in total. The van der Waals surface area contributed by atoms with E-state index in [4.69, 9.17) is 14.6 Å². The van der Waals surface area contributed by atoms with Crippen molar-refractivity contribution < 1.29 is 9.31 Å². The van der Waals surface area contributed by atoms with Crippen LogP contribution in [0.2, 0.25) is 6.32 Å². The van der Waals surface area contributed by atoms with Crippen molar-refractivity contribution in [3.05, 3.63) is 0 Å². The van der Waals surface area contributed by atoms with Gasteiger partial charge in [-0.3, -0.25) is 0 Å². The van der Waals surface area contributed by atoms with Crippen LogP contribution in [0, 0.1) is 17.2 Å². The highest BCUT2D eigenvalue weighted by Gasteiger charge is 2.19. The van der Waals surface area contributed by atoms with Gasteiger partial charge in [0.1, 0.15) is 0 Å². The lowest BCUT2D eigenvalue weighted by Crippen LogP contribution is -2.21. The second-order valence-electron chi connectivity index (χ2n) is 2.37. The molecule has 0 fully saturated rings. The molecule has 0 aliphatic carbocycles. The van der Waals surface area contributed by atoms with Gasteiger partial charge in [-0.05, 0) is 12.7 Å². The first-order valence-corrected chi connectivity index (χ1v) is 3.73. The molecule has 0 aromatic rings. The van der Waals surface area contributed by atoms with E-state index in [2.05, 4.69) is 6.07 Å². The molecule has 0 aliphatic heterocycles. The van der Waals surface area contributed by atoms with E-state index < -0.39 is 0 Å². The summed E-state index contributed by atoms with van der Waals surface area (Å²) in [6.07, 6.45) is 1.50. The fourth-order valence-corrected chi connectivity index (χ4v) is 0.832. The SMILES string of the molecule is CCC(C#N)CB(OC)OC. The highest BCUT2D eigenvalue weighted by atomic mass is 16.6. The van der Waals surface area contributed by atoms with E-state index in [1.165, 1.54) is 0 Å². The smallest absolute Gasteiger partial charge is 0.414 e. The predicted molar refractivity (Wildman–Crippen MR) is 44.0 cm³/mol. The number of nitrogens with zero attached hydrogens (tertiary/aromatic N) is 1. The standard InChI is InChI=1S/C7H14BNO2/c1-4-7(6-9)5-8(10-2)11-3/h7H,4-5H2,1-3H3. The van der Waals surface area contributed by atoms with Crippen LogP contribution < -0.4 is 0 Å². The van der Waals surface area contributed by atoms with E-state index in [-0.39, 0.29) is 13.0 Å². The van der Waals surface area contributed by atoms with Crippen molar-refractivity contribution in [1.82, 2.24) is 0 Å². The average molecular weight is 155 g/mol. The lowest BCUT2D eigenvalue weighted by atomic mass is 9.77. The summed E-state index contributed by atoms with van der Waals surface area (Å²) in [5.74, 6) is 0.0416. The van der Waals surface area contributed by atoms with Gasteiger partial charge in [-0.15, -0.1) is 0 Å². The Morgan fingerprint density at radius 1 is 1.45 bits per heavy atom. The summed E-state index contributed by atoms with van der Waals surface area (Å²) in [7, 11) is 2.93. The Hall–Kier alpha value is -0.525. The molecule has 0 spiro atoms. The van der Waals surface area contributed by atoms with E-state index in [0.717, 1.165) is 6.42 Å². The minimum atomic E-state index is -0.236. The molecule has 0 aliphatic rings. The minimum Gasteiger partial charge on any atom is -0.414 e. The average Bonchev–Trinajstić information content (AvgIpc) is 2.07. The van der Waals surface area contributed by atoms with Crippen LogP contribution >= 0.6 is 0 Å². The third kappa shape index (κ3) is 4.02. The zero-order valence-corrected chi connectivity index (χ0v) is 7.33. The molecular weight excluding hydrogens is 141 g/mol. The summed E-state index contributed by atoms with van der Waals surface area (Å²) < 4.78 is 9.92. The molecule has 0 radical (unpaired) electrons. The predicted octanol–water partition coefficient (Wildman–Crippen LogP) is 1.32. The zero-order valence-electron chi connectivity index (χ0n) is 7.33. The van der Waals surface area contributed by atoms with E-state index >= 15 is 0 Å². The molecular formula is C7H14BNO2. The number of rotatable bonds is 5. The van der Waals surface area contributed by atoms with Gasteiger partial charge in [0.15, 0.2) is 0 Å². The van der Waals surface area contributed by atoms with Crippen molar-refractivity contribution in [2.24, 2.45) is 5.92 Å². The quantitative estimate of drug-likeness (QED) is 0.562. The molecule has 0 saturated heterocycles. The molecule has 1 atom stereocenters. The Bertz CT molecular complexity index is 131. The third-order valence-electron chi connectivity index (χ3n) is 1.68. The van der Waals surface area contributed by atoms with Crippen LogP contribution in [0.15, 0.2) is 0 Å². The molecule has 0 heterocycles. The van der Waals surface area contributed by atoms with E-state index in [1.54, 1.807) is 14.2 Å². The Morgan fingerprint density at radius 3 is 2.27 bits per heavy atom. The van der Waals surface area contributed by atoms with Gasteiger partial charge in [-0.2, -0.15) is 5.26 Å². The molecule has 0 rings (SSSR count). The summed E-state index contributed by atoms with van der Waals surface area (Å²) in [5, 5.41) is 8.60. The van der Waals surface area contributed by atoms with E-state index in [0.29, 0.717) is 6.32 Å². The van der Waals surface area contributed by atoms with Gasteiger partial charge >= 0.3 is 7.12 Å². The molecule has 11 heavy (non-hydrogen) atoms. The van der Waals surface area contributed by atoms with Crippen LogP contribution in [-0.2, 0) is 9.31 Å². The molecule has 0 amide bonds. The summed E-state index contributed by atoms with van der Waals surface area (Å²) in [6.45, 7) is 1.98. The van der Waals surface area contributed by atoms with Crippen LogP contribution in [0.25, 0.3) is 0 Å². The third-order valence-corrected chi connectivity index (χ3v) is 1.68. The van der Waals surface area contributed by atoms with Crippen LogP contribution in [0.5, 0.6) is 0 Å². The lowest BCUT2D eigenvalue weighted by Gasteiger charge is -2.10. The molecule has 0 aromatic carbocycles. The van der Waals surface area contributed by atoms with Gasteiger partial charge in [0.05, 0.1) is 6.07 Å². The van der Waals surface area contributed by atoms with Crippen LogP contribution in [0.4, 0.5) is 0 Å². The topological polar surface area (TPSA) is 42.2 Å². The largest absolute Gasteiger partial charge is 0.457 e. The molecule has 4 heteroatoms. The monoisotopic (exact) mass is 155 g/mol. The first kappa shape index (κ1) is 10.5. The van der Waals surface area contributed by atoms with Gasteiger partial charge < -0.3 is 9.31 Å². The summed E-state index contributed by atoms with van der Waals surface area (Å²) >= 11 is 0. The van der Waals surface area contributed by atoms with Crippen LogP contribution in [0.3, 0.4) is 0 Å². The van der Waals surface area contributed by atoms with E-state index in [9.17, 15) is 0 Å².